The van der Waals surface area contributed by atoms with Gasteiger partial charge in [-0.05, 0) is 74.4 Å². The summed E-state index contributed by atoms with van der Waals surface area (Å²) in [5.74, 6) is 2.36. The van der Waals surface area contributed by atoms with Crippen LogP contribution in [0.25, 0.3) is 0 Å². The first-order valence-corrected chi connectivity index (χ1v) is 10.8. The smallest absolute Gasteiger partial charge is 0.253 e. The van der Waals surface area contributed by atoms with E-state index < -0.39 is 6.10 Å². The van der Waals surface area contributed by atoms with Gasteiger partial charge in [0.15, 0.2) is 0 Å². The van der Waals surface area contributed by atoms with Gasteiger partial charge in [0.25, 0.3) is 5.91 Å². The molecule has 1 amide bonds. The lowest BCUT2D eigenvalue weighted by Crippen LogP contribution is -2.42. The van der Waals surface area contributed by atoms with E-state index in [0.717, 1.165) is 53.4 Å². The highest BCUT2D eigenvalue weighted by molar-refractivity contribution is 5.95. The Kier molecular flexibility index (Phi) is 4.89. The molecule has 0 radical (unpaired) electrons. The number of benzene rings is 1. The lowest BCUT2D eigenvalue weighted by atomic mass is 9.78. The molecule has 6 nitrogen and oxygen atoms in total. The summed E-state index contributed by atoms with van der Waals surface area (Å²) in [6, 6.07) is 9.60. The zero-order valence-corrected chi connectivity index (χ0v) is 17.5. The molecule has 2 aromatic rings. The first-order valence-electron chi connectivity index (χ1n) is 10.8. The van der Waals surface area contributed by atoms with E-state index in [-0.39, 0.29) is 12.0 Å². The molecule has 2 fully saturated rings. The van der Waals surface area contributed by atoms with Gasteiger partial charge in [-0.2, -0.15) is 0 Å². The number of pyridine rings is 1. The molecule has 1 aromatic carbocycles. The highest BCUT2D eigenvalue weighted by atomic mass is 16.5. The van der Waals surface area contributed by atoms with Crippen molar-refractivity contribution in [2.75, 3.05) is 19.7 Å². The van der Waals surface area contributed by atoms with Crippen molar-refractivity contribution in [2.24, 2.45) is 11.8 Å². The number of aromatic nitrogens is 1. The molecule has 0 spiro atoms. The summed E-state index contributed by atoms with van der Waals surface area (Å²) in [4.78, 5) is 19.5. The summed E-state index contributed by atoms with van der Waals surface area (Å²) in [6.45, 7) is 5.99. The Labute approximate surface area is 176 Å². The summed E-state index contributed by atoms with van der Waals surface area (Å²) in [5.41, 5.74) is 3.64. The Bertz CT molecular complexity index is 976. The van der Waals surface area contributed by atoms with Gasteiger partial charge in [0.05, 0.1) is 18.4 Å². The van der Waals surface area contributed by atoms with Crippen LogP contribution < -0.4 is 9.47 Å². The monoisotopic (exact) mass is 408 g/mol. The quantitative estimate of drug-likeness (QED) is 0.846. The minimum Gasteiger partial charge on any atom is -0.493 e. The number of rotatable bonds is 3. The maximum atomic E-state index is 13.1. The van der Waals surface area contributed by atoms with Gasteiger partial charge >= 0.3 is 0 Å². The number of carbonyl (C=O) groups is 1. The molecule has 6 heteroatoms. The lowest BCUT2D eigenvalue weighted by molar-refractivity contribution is -0.0236. The minimum atomic E-state index is -0.529. The standard InChI is InChI=1S/C24H28N2O4/c1-14-3-5-21(15(2)25-14)30-23-11-19-13-26(12-18(19)10-20(23)27)24(28)17-4-6-22-16(9-17)7-8-29-22/h3-6,9,18-20,23,27H,7-8,10-13H2,1-2H3/t18-,19+,20+,23+/m0/s1. The maximum absolute atomic E-state index is 13.1. The molecule has 0 bridgehead atoms. The van der Waals surface area contributed by atoms with Gasteiger partial charge in [0, 0.05) is 30.8 Å². The van der Waals surface area contributed by atoms with E-state index in [1.807, 2.05) is 49.1 Å². The molecule has 0 unspecified atom stereocenters. The fourth-order valence-corrected chi connectivity index (χ4v) is 5.15. The number of amides is 1. The molecule has 3 heterocycles. The van der Waals surface area contributed by atoms with Crippen molar-refractivity contribution in [3.8, 4) is 11.5 Å². The fourth-order valence-electron chi connectivity index (χ4n) is 5.15. The Hall–Kier alpha value is -2.60. The van der Waals surface area contributed by atoms with Crippen LogP contribution in [0.4, 0.5) is 0 Å². The maximum Gasteiger partial charge on any atom is 0.253 e. The second-order valence-corrected chi connectivity index (χ2v) is 8.88. The number of ether oxygens (including phenoxy) is 2. The zero-order valence-electron chi connectivity index (χ0n) is 17.5. The normalized spacial score (nSPS) is 27.4. The third-order valence-electron chi connectivity index (χ3n) is 6.76. The molecule has 3 aliphatic rings. The van der Waals surface area contributed by atoms with E-state index in [9.17, 15) is 9.90 Å². The van der Waals surface area contributed by atoms with Crippen molar-refractivity contribution in [3.63, 3.8) is 0 Å². The molecular weight excluding hydrogens is 380 g/mol. The van der Waals surface area contributed by atoms with E-state index in [1.54, 1.807) is 0 Å². The van der Waals surface area contributed by atoms with Crippen LogP contribution in [-0.4, -0.2) is 52.8 Å². The van der Waals surface area contributed by atoms with Crippen LogP contribution in [0.5, 0.6) is 11.5 Å². The number of aliphatic hydroxyl groups is 1. The highest BCUT2D eigenvalue weighted by Gasteiger charge is 2.44. The number of fused-ring (bicyclic) bond motifs is 2. The average molecular weight is 408 g/mol. The van der Waals surface area contributed by atoms with Crippen LogP contribution in [0.3, 0.4) is 0 Å². The van der Waals surface area contributed by atoms with Crippen LogP contribution >= 0.6 is 0 Å². The predicted molar refractivity (Wildman–Crippen MR) is 112 cm³/mol. The van der Waals surface area contributed by atoms with Crippen LogP contribution in [0.15, 0.2) is 30.3 Å². The molecular formula is C24H28N2O4. The molecule has 1 aromatic heterocycles. The van der Waals surface area contributed by atoms with Crippen LogP contribution in [0.1, 0.15) is 40.2 Å². The molecule has 1 saturated heterocycles. The number of hydrogen-bond acceptors (Lipinski definition) is 5. The third kappa shape index (κ3) is 3.54. The number of aryl methyl sites for hydroxylation is 2. The second kappa shape index (κ2) is 7.58. The summed E-state index contributed by atoms with van der Waals surface area (Å²) >= 11 is 0. The lowest BCUT2D eigenvalue weighted by Gasteiger charge is -2.35. The van der Waals surface area contributed by atoms with Gasteiger partial charge in [-0.15, -0.1) is 0 Å². The van der Waals surface area contributed by atoms with E-state index in [1.165, 1.54) is 0 Å². The SMILES string of the molecule is Cc1ccc(O[C@@H]2C[C@@H]3CN(C(=O)c4ccc5c(c4)CCO5)C[C@@H]3C[C@H]2O)c(C)n1. The molecule has 30 heavy (non-hydrogen) atoms. The number of nitrogens with zero attached hydrogens (tertiary/aromatic N) is 2. The number of likely N-dealkylation sites (tertiary alicyclic amines) is 1. The predicted octanol–water partition coefficient (Wildman–Crippen LogP) is 2.92. The summed E-state index contributed by atoms with van der Waals surface area (Å²) < 4.78 is 11.7. The van der Waals surface area contributed by atoms with E-state index in [4.69, 9.17) is 9.47 Å². The summed E-state index contributed by atoms with van der Waals surface area (Å²) in [7, 11) is 0. The Morgan fingerprint density at radius 1 is 1.17 bits per heavy atom. The summed E-state index contributed by atoms with van der Waals surface area (Å²) in [5, 5.41) is 10.7. The Balaban J connectivity index is 1.27. The van der Waals surface area contributed by atoms with Gasteiger partial charge in [0.1, 0.15) is 17.6 Å². The van der Waals surface area contributed by atoms with Crippen molar-refractivity contribution in [1.29, 1.82) is 0 Å². The van der Waals surface area contributed by atoms with Gasteiger partial charge in [-0.1, -0.05) is 0 Å². The van der Waals surface area contributed by atoms with Crippen molar-refractivity contribution in [1.82, 2.24) is 9.88 Å². The first-order chi connectivity index (χ1) is 14.5. The average Bonchev–Trinajstić information content (AvgIpc) is 3.35. The van der Waals surface area contributed by atoms with Crippen LogP contribution in [0, 0.1) is 25.7 Å². The molecule has 4 atom stereocenters. The highest BCUT2D eigenvalue weighted by Crippen LogP contribution is 2.39. The van der Waals surface area contributed by atoms with Crippen LogP contribution in [0.2, 0.25) is 0 Å². The van der Waals surface area contributed by atoms with Crippen molar-refractivity contribution in [2.45, 2.75) is 45.3 Å². The van der Waals surface area contributed by atoms with Gasteiger partial charge < -0.3 is 19.5 Å². The second-order valence-electron chi connectivity index (χ2n) is 8.88. The number of aliphatic hydroxyl groups excluding tert-OH is 1. The zero-order chi connectivity index (χ0) is 20.8. The summed E-state index contributed by atoms with van der Waals surface area (Å²) in [6.07, 6.45) is 1.48. The molecule has 2 aliphatic heterocycles. The molecule has 1 saturated carbocycles. The third-order valence-corrected chi connectivity index (χ3v) is 6.76. The minimum absolute atomic E-state index is 0.0737. The van der Waals surface area contributed by atoms with Crippen molar-refractivity contribution >= 4 is 5.91 Å². The molecule has 5 rings (SSSR count). The molecule has 1 aliphatic carbocycles. The van der Waals surface area contributed by atoms with Gasteiger partial charge in [0.2, 0.25) is 0 Å². The number of hydrogen-bond donors (Lipinski definition) is 1. The van der Waals surface area contributed by atoms with Gasteiger partial charge in [-0.25, -0.2) is 0 Å². The Morgan fingerprint density at radius 2 is 1.97 bits per heavy atom. The van der Waals surface area contributed by atoms with E-state index in [0.29, 0.717) is 31.4 Å². The van der Waals surface area contributed by atoms with Crippen molar-refractivity contribution in [3.05, 3.63) is 52.8 Å². The first kappa shape index (κ1) is 19.4. The van der Waals surface area contributed by atoms with Crippen molar-refractivity contribution < 1.29 is 19.4 Å². The number of carbonyl (C=O) groups excluding carboxylic acids is 1. The van der Waals surface area contributed by atoms with E-state index in [2.05, 4.69) is 4.98 Å². The van der Waals surface area contributed by atoms with E-state index >= 15 is 0 Å². The Morgan fingerprint density at radius 3 is 2.77 bits per heavy atom. The largest absolute Gasteiger partial charge is 0.493 e. The molecule has 1 N–H and O–H groups in total. The topological polar surface area (TPSA) is 71.9 Å². The fraction of sp³-hybridized carbons (Fsp3) is 0.500. The van der Waals surface area contributed by atoms with Gasteiger partial charge in [-0.3, -0.25) is 9.78 Å². The molecule has 158 valence electrons. The van der Waals surface area contributed by atoms with Crippen LogP contribution in [-0.2, 0) is 6.42 Å².